The fourth-order valence-electron chi connectivity index (χ4n) is 4.35. The van der Waals surface area contributed by atoms with Crippen LogP contribution in [0.2, 0.25) is 0 Å². The third-order valence-corrected chi connectivity index (χ3v) is 6.21. The standard InChI is InChI=1S/C26H32N2O7/c1-16(2)25(30)28-13-19-11-20-22(33-19)24(32-15-17-7-4-3-5-8-17)23(21(14-29)34-20)35-26(31)18-9-6-10-27-12-18/h3-10,12,16,19-24,29H,11,13-15H2,1-2H3,(H,28,30)/t19?,20-,21-,22+,23-,24-/m1/s1. The summed E-state index contributed by atoms with van der Waals surface area (Å²) < 4.78 is 24.5. The van der Waals surface area contributed by atoms with E-state index in [1.807, 2.05) is 44.2 Å². The van der Waals surface area contributed by atoms with Crippen molar-refractivity contribution in [1.29, 1.82) is 0 Å². The highest BCUT2D eigenvalue weighted by Gasteiger charge is 2.53. The van der Waals surface area contributed by atoms with E-state index in [-0.39, 0.29) is 42.8 Å². The second-order valence-corrected chi connectivity index (χ2v) is 9.13. The number of aliphatic hydroxyl groups is 1. The Bertz CT molecular complexity index is 972. The van der Waals surface area contributed by atoms with Gasteiger partial charge in [-0.05, 0) is 17.7 Å². The lowest BCUT2D eigenvalue weighted by molar-refractivity contribution is -0.233. The van der Waals surface area contributed by atoms with Crippen LogP contribution in [0.25, 0.3) is 0 Å². The first-order valence-electron chi connectivity index (χ1n) is 11.9. The van der Waals surface area contributed by atoms with Crippen LogP contribution >= 0.6 is 0 Å². The maximum absolute atomic E-state index is 12.8. The van der Waals surface area contributed by atoms with Crippen molar-refractivity contribution in [2.75, 3.05) is 13.2 Å². The number of nitrogens with one attached hydrogen (secondary N) is 1. The number of rotatable bonds is 9. The number of pyridine rings is 1. The largest absolute Gasteiger partial charge is 0.453 e. The van der Waals surface area contributed by atoms with Crippen LogP contribution in [0.5, 0.6) is 0 Å². The van der Waals surface area contributed by atoms with Gasteiger partial charge in [0.1, 0.15) is 18.3 Å². The van der Waals surface area contributed by atoms with Gasteiger partial charge in [-0.15, -0.1) is 0 Å². The van der Waals surface area contributed by atoms with Gasteiger partial charge in [0.15, 0.2) is 6.10 Å². The molecule has 9 nitrogen and oxygen atoms in total. The number of aromatic nitrogens is 1. The summed E-state index contributed by atoms with van der Waals surface area (Å²) in [6, 6.07) is 12.9. The first-order valence-corrected chi connectivity index (χ1v) is 11.9. The highest BCUT2D eigenvalue weighted by molar-refractivity contribution is 5.89. The van der Waals surface area contributed by atoms with Crippen LogP contribution in [-0.2, 0) is 30.3 Å². The van der Waals surface area contributed by atoms with Crippen molar-refractivity contribution in [1.82, 2.24) is 10.3 Å². The van der Waals surface area contributed by atoms with Gasteiger partial charge in [0.2, 0.25) is 5.91 Å². The molecule has 2 aromatic rings. The summed E-state index contributed by atoms with van der Waals surface area (Å²) in [7, 11) is 0. The Labute approximate surface area is 204 Å². The van der Waals surface area contributed by atoms with Gasteiger partial charge in [0.05, 0.1) is 31.0 Å². The van der Waals surface area contributed by atoms with Crippen molar-refractivity contribution in [3.8, 4) is 0 Å². The smallest absolute Gasteiger partial charge is 0.340 e. The van der Waals surface area contributed by atoms with Crippen molar-refractivity contribution in [2.45, 2.75) is 63.5 Å². The molecule has 1 aromatic carbocycles. The molecule has 6 atom stereocenters. The van der Waals surface area contributed by atoms with Crippen LogP contribution < -0.4 is 5.32 Å². The third-order valence-electron chi connectivity index (χ3n) is 6.21. The number of fused-ring (bicyclic) bond motifs is 1. The molecule has 0 saturated carbocycles. The van der Waals surface area contributed by atoms with E-state index in [9.17, 15) is 14.7 Å². The molecule has 2 aliphatic rings. The Hall–Kier alpha value is -2.85. The molecule has 2 N–H and O–H groups in total. The zero-order valence-corrected chi connectivity index (χ0v) is 19.9. The topological polar surface area (TPSA) is 116 Å². The number of aliphatic hydroxyl groups excluding tert-OH is 1. The van der Waals surface area contributed by atoms with Gasteiger partial charge in [-0.1, -0.05) is 44.2 Å². The van der Waals surface area contributed by atoms with Crippen LogP contribution in [0, 0.1) is 5.92 Å². The molecule has 0 bridgehead atoms. The predicted molar refractivity (Wildman–Crippen MR) is 125 cm³/mol. The van der Waals surface area contributed by atoms with E-state index in [0.29, 0.717) is 13.0 Å². The van der Waals surface area contributed by atoms with Gasteiger partial charge in [0, 0.05) is 31.3 Å². The summed E-state index contributed by atoms with van der Waals surface area (Å²) in [5, 5.41) is 13.0. The average molecular weight is 485 g/mol. The van der Waals surface area contributed by atoms with Gasteiger partial charge in [-0.25, -0.2) is 4.79 Å². The zero-order valence-electron chi connectivity index (χ0n) is 19.9. The highest BCUT2D eigenvalue weighted by Crippen LogP contribution is 2.36. The second kappa shape index (κ2) is 11.7. The number of benzene rings is 1. The number of hydrogen-bond donors (Lipinski definition) is 2. The van der Waals surface area contributed by atoms with Gasteiger partial charge in [-0.3, -0.25) is 9.78 Å². The number of nitrogens with zero attached hydrogens (tertiary/aromatic N) is 1. The second-order valence-electron chi connectivity index (χ2n) is 9.13. The molecule has 4 rings (SSSR count). The van der Waals surface area contributed by atoms with Crippen molar-refractivity contribution >= 4 is 11.9 Å². The molecule has 0 radical (unpaired) electrons. The van der Waals surface area contributed by atoms with Crippen LogP contribution in [0.3, 0.4) is 0 Å². The van der Waals surface area contributed by atoms with Gasteiger partial charge >= 0.3 is 5.97 Å². The molecule has 9 heteroatoms. The van der Waals surface area contributed by atoms with Crippen LogP contribution in [0.4, 0.5) is 0 Å². The molecule has 2 fully saturated rings. The lowest BCUT2D eigenvalue weighted by Gasteiger charge is -2.42. The molecular weight excluding hydrogens is 452 g/mol. The number of carbonyl (C=O) groups excluding carboxylic acids is 2. The maximum atomic E-state index is 12.8. The Morgan fingerprint density at radius 2 is 1.94 bits per heavy atom. The fraction of sp³-hybridized carbons (Fsp3) is 0.500. The SMILES string of the molecule is CC(C)C(=O)NCC1C[C@H]2O[C@H](CO)[C@@H](OC(=O)c3cccnc3)[C@H](OCc3ccccc3)[C@H]2O1. The highest BCUT2D eigenvalue weighted by atomic mass is 16.6. The van der Waals surface area contributed by atoms with Crippen LogP contribution in [0.15, 0.2) is 54.9 Å². The summed E-state index contributed by atoms with van der Waals surface area (Å²) >= 11 is 0. The van der Waals surface area contributed by atoms with E-state index in [1.54, 1.807) is 18.3 Å². The molecule has 1 amide bonds. The summed E-state index contributed by atoms with van der Waals surface area (Å²) in [6.45, 7) is 3.91. The van der Waals surface area contributed by atoms with E-state index >= 15 is 0 Å². The Morgan fingerprint density at radius 1 is 1.14 bits per heavy atom. The van der Waals surface area contributed by atoms with Gasteiger partial charge in [-0.2, -0.15) is 0 Å². The minimum atomic E-state index is -0.901. The molecule has 2 saturated heterocycles. The first kappa shape index (κ1) is 25.2. The number of hydrogen-bond acceptors (Lipinski definition) is 8. The van der Waals surface area contributed by atoms with Gasteiger partial charge < -0.3 is 29.4 Å². The quantitative estimate of drug-likeness (QED) is 0.519. The molecule has 2 aliphatic heterocycles. The Morgan fingerprint density at radius 3 is 2.63 bits per heavy atom. The molecule has 1 aromatic heterocycles. The van der Waals surface area contributed by atoms with E-state index in [4.69, 9.17) is 18.9 Å². The van der Waals surface area contributed by atoms with Crippen molar-refractivity contribution in [3.63, 3.8) is 0 Å². The third kappa shape index (κ3) is 6.24. The average Bonchev–Trinajstić information content (AvgIpc) is 3.29. The molecule has 3 heterocycles. The summed E-state index contributed by atoms with van der Waals surface area (Å²) in [6.07, 6.45) is -0.0582. The summed E-state index contributed by atoms with van der Waals surface area (Å²) in [5.74, 6) is -0.777. The molecule has 35 heavy (non-hydrogen) atoms. The normalized spacial score (nSPS) is 27.9. The zero-order chi connectivity index (χ0) is 24.8. The van der Waals surface area contributed by atoms with Crippen LogP contribution in [0.1, 0.15) is 36.2 Å². The van der Waals surface area contributed by atoms with Crippen LogP contribution in [-0.4, -0.2) is 71.7 Å². The summed E-state index contributed by atoms with van der Waals surface area (Å²) in [4.78, 5) is 28.8. The molecule has 1 unspecified atom stereocenters. The summed E-state index contributed by atoms with van der Waals surface area (Å²) in [5.41, 5.74) is 1.24. The lowest BCUT2D eigenvalue weighted by atomic mass is 9.94. The van der Waals surface area contributed by atoms with Crippen molar-refractivity contribution < 1.29 is 33.6 Å². The lowest BCUT2D eigenvalue weighted by Crippen LogP contribution is -2.59. The number of esters is 1. The molecule has 0 aliphatic carbocycles. The molecule has 188 valence electrons. The first-order chi connectivity index (χ1) is 17.0. The minimum Gasteiger partial charge on any atom is -0.453 e. The Balaban J connectivity index is 1.52. The van der Waals surface area contributed by atoms with E-state index in [2.05, 4.69) is 10.3 Å². The monoisotopic (exact) mass is 484 g/mol. The number of amides is 1. The van der Waals surface area contributed by atoms with Crippen molar-refractivity contribution in [2.24, 2.45) is 5.92 Å². The minimum absolute atomic E-state index is 0.0576. The molecule has 0 spiro atoms. The van der Waals surface area contributed by atoms with Crippen molar-refractivity contribution in [3.05, 3.63) is 66.0 Å². The Kier molecular flexibility index (Phi) is 8.46. The number of ether oxygens (including phenoxy) is 4. The predicted octanol–water partition coefficient (Wildman–Crippen LogP) is 1.88. The maximum Gasteiger partial charge on any atom is 0.340 e. The fourth-order valence-corrected chi connectivity index (χ4v) is 4.35. The van der Waals surface area contributed by atoms with E-state index in [0.717, 1.165) is 5.56 Å². The molecular formula is C26H32N2O7. The van der Waals surface area contributed by atoms with E-state index < -0.39 is 30.4 Å². The number of carbonyl (C=O) groups is 2. The van der Waals surface area contributed by atoms with Gasteiger partial charge in [0.25, 0.3) is 0 Å². The van der Waals surface area contributed by atoms with E-state index in [1.165, 1.54) is 6.20 Å².